The van der Waals surface area contributed by atoms with Crippen LogP contribution >= 0.6 is 0 Å². The first-order valence-corrected chi connectivity index (χ1v) is 8.62. The van der Waals surface area contributed by atoms with Gasteiger partial charge < -0.3 is 15.0 Å². The van der Waals surface area contributed by atoms with Crippen molar-refractivity contribution in [3.63, 3.8) is 0 Å². The summed E-state index contributed by atoms with van der Waals surface area (Å²) in [6.45, 7) is 3.13. The molecule has 0 radical (unpaired) electrons. The van der Waals surface area contributed by atoms with E-state index in [1.807, 2.05) is 0 Å². The molecule has 0 fully saturated rings. The molecule has 0 aliphatic rings. The number of ether oxygens (including phenoxy) is 1. The first-order valence-electron chi connectivity index (χ1n) is 8.62. The highest BCUT2D eigenvalue weighted by Gasteiger charge is 2.27. The summed E-state index contributed by atoms with van der Waals surface area (Å²) in [4.78, 5) is 26.1. The van der Waals surface area contributed by atoms with E-state index >= 15 is 0 Å². The van der Waals surface area contributed by atoms with Crippen LogP contribution in [0.25, 0.3) is 0 Å². The molecule has 0 saturated heterocycles. The summed E-state index contributed by atoms with van der Waals surface area (Å²) in [6.07, 6.45) is 0. The van der Waals surface area contributed by atoms with Crippen LogP contribution in [0.15, 0.2) is 48.5 Å². The van der Waals surface area contributed by atoms with Gasteiger partial charge in [-0.3, -0.25) is 9.59 Å². The van der Waals surface area contributed by atoms with Crippen LogP contribution < -0.4 is 10.1 Å². The standard InChI is InChI=1S/C20H22F2N2O3/c1-3-23-20(26)14(2)24(12-15-8-4-5-9-16(15)21)19(25)13-27-18-11-7-6-10-17(18)22/h4-11,14H,3,12-13H2,1-2H3,(H,23,26)/t14-/m1/s1. The Morgan fingerprint density at radius 3 is 2.33 bits per heavy atom. The highest BCUT2D eigenvalue weighted by Crippen LogP contribution is 2.17. The maximum absolute atomic E-state index is 14.0. The molecule has 0 bridgehead atoms. The zero-order chi connectivity index (χ0) is 19.8. The fourth-order valence-corrected chi connectivity index (χ4v) is 2.50. The topological polar surface area (TPSA) is 58.6 Å². The molecule has 2 aromatic rings. The third-order valence-electron chi connectivity index (χ3n) is 4.00. The van der Waals surface area contributed by atoms with Crippen LogP contribution in [0.3, 0.4) is 0 Å². The predicted octanol–water partition coefficient (Wildman–Crippen LogP) is 2.90. The quantitative estimate of drug-likeness (QED) is 0.771. The summed E-state index contributed by atoms with van der Waals surface area (Å²) < 4.78 is 32.9. The minimum atomic E-state index is -0.846. The van der Waals surface area contributed by atoms with Crippen molar-refractivity contribution in [1.82, 2.24) is 10.2 Å². The minimum Gasteiger partial charge on any atom is -0.481 e. The van der Waals surface area contributed by atoms with Crippen molar-refractivity contribution < 1.29 is 23.1 Å². The van der Waals surface area contributed by atoms with Gasteiger partial charge in [-0.05, 0) is 32.0 Å². The zero-order valence-corrected chi connectivity index (χ0v) is 15.2. The summed E-state index contributed by atoms with van der Waals surface area (Å²) in [5.41, 5.74) is 0.271. The second-order valence-corrected chi connectivity index (χ2v) is 5.90. The van der Waals surface area contributed by atoms with Crippen LogP contribution in [0.2, 0.25) is 0 Å². The van der Waals surface area contributed by atoms with Gasteiger partial charge in [-0.1, -0.05) is 30.3 Å². The van der Waals surface area contributed by atoms with Gasteiger partial charge in [0.25, 0.3) is 5.91 Å². The highest BCUT2D eigenvalue weighted by molar-refractivity contribution is 5.87. The van der Waals surface area contributed by atoms with Crippen molar-refractivity contribution in [2.24, 2.45) is 0 Å². The summed E-state index contributed by atoms with van der Waals surface area (Å²) in [5, 5.41) is 2.64. The molecule has 0 aliphatic carbocycles. The van der Waals surface area contributed by atoms with E-state index in [4.69, 9.17) is 4.74 Å². The van der Waals surface area contributed by atoms with Gasteiger partial charge in [0.05, 0.1) is 0 Å². The highest BCUT2D eigenvalue weighted by atomic mass is 19.1. The van der Waals surface area contributed by atoms with Gasteiger partial charge in [-0.15, -0.1) is 0 Å². The van der Waals surface area contributed by atoms with E-state index < -0.39 is 30.2 Å². The van der Waals surface area contributed by atoms with Crippen LogP contribution in [-0.4, -0.2) is 35.9 Å². The van der Waals surface area contributed by atoms with Crippen LogP contribution in [-0.2, 0) is 16.1 Å². The fraction of sp³-hybridized carbons (Fsp3) is 0.300. The van der Waals surface area contributed by atoms with E-state index in [-0.39, 0.29) is 23.8 Å². The third kappa shape index (κ3) is 5.51. The Morgan fingerprint density at radius 2 is 1.70 bits per heavy atom. The maximum Gasteiger partial charge on any atom is 0.261 e. The molecule has 1 atom stereocenters. The van der Waals surface area contributed by atoms with E-state index in [2.05, 4.69) is 5.32 Å². The number of nitrogens with zero attached hydrogens (tertiary/aromatic N) is 1. The van der Waals surface area contributed by atoms with Crippen molar-refractivity contribution in [3.05, 3.63) is 65.7 Å². The Labute approximate surface area is 156 Å². The lowest BCUT2D eigenvalue weighted by Crippen LogP contribution is -2.49. The number of hydrogen-bond donors (Lipinski definition) is 1. The molecule has 2 amide bonds. The average molecular weight is 376 g/mol. The van der Waals surface area contributed by atoms with Gasteiger partial charge in [-0.2, -0.15) is 0 Å². The molecule has 0 aromatic heterocycles. The van der Waals surface area contributed by atoms with Crippen molar-refractivity contribution >= 4 is 11.8 Å². The van der Waals surface area contributed by atoms with E-state index in [0.29, 0.717) is 6.54 Å². The van der Waals surface area contributed by atoms with Crippen LogP contribution in [0, 0.1) is 11.6 Å². The molecule has 2 aromatic carbocycles. The molecule has 0 aliphatic heterocycles. The Hall–Kier alpha value is -2.96. The van der Waals surface area contributed by atoms with Crippen LogP contribution in [0.4, 0.5) is 8.78 Å². The second-order valence-electron chi connectivity index (χ2n) is 5.90. The minimum absolute atomic E-state index is 0.0673. The molecular weight excluding hydrogens is 354 g/mol. The molecular formula is C20H22F2N2O3. The summed E-state index contributed by atoms with van der Waals surface area (Å²) >= 11 is 0. The number of para-hydroxylation sites is 1. The molecule has 0 spiro atoms. The van der Waals surface area contributed by atoms with Gasteiger partial charge in [-0.25, -0.2) is 8.78 Å². The Kier molecular flexibility index (Phi) is 7.28. The monoisotopic (exact) mass is 376 g/mol. The molecule has 1 N–H and O–H groups in total. The molecule has 2 rings (SSSR count). The van der Waals surface area contributed by atoms with Gasteiger partial charge in [0.2, 0.25) is 5.91 Å². The lowest BCUT2D eigenvalue weighted by molar-refractivity contribution is -0.142. The molecule has 7 heteroatoms. The first-order chi connectivity index (χ1) is 12.9. The third-order valence-corrected chi connectivity index (χ3v) is 4.00. The predicted molar refractivity (Wildman–Crippen MR) is 97.0 cm³/mol. The van der Waals surface area contributed by atoms with Crippen molar-refractivity contribution in [2.45, 2.75) is 26.4 Å². The number of rotatable bonds is 8. The van der Waals surface area contributed by atoms with Gasteiger partial charge in [0.1, 0.15) is 11.9 Å². The first kappa shape index (κ1) is 20.4. The SMILES string of the molecule is CCNC(=O)[C@@H](C)N(Cc1ccccc1F)C(=O)COc1ccccc1F. The Bertz CT molecular complexity index is 798. The number of hydrogen-bond acceptors (Lipinski definition) is 3. The molecule has 0 heterocycles. The van der Waals surface area contributed by atoms with Gasteiger partial charge >= 0.3 is 0 Å². The summed E-state index contributed by atoms with van der Waals surface area (Å²) in [5.74, 6) is -2.06. The number of likely N-dealkylation sites (N-methyl/N-ethyl adjacent to an activating group) is 1. The van der Waals surface area contributed by atoms with E-state index in [9.17, 15) is 18.4 Å². The fourth-order valence-electron chi connectivity index (χ4n) is 2.50. The van der Waals surface area contributed by atoms with Crippen molar-refractivity contribution in [1.29, 1.82) is 0 Å². The lowest BCUT2D eigenvalue weighted by Gasteiger charge is -2.28. The molecule has 144 valence electrons. The summed E-state index contributed by atoms with van der Waals surface area (Å²) in [6, 6.07) is 10.9. The van der Waals surface area contributed by atoms with Crippen molar-refractivity contribution in [3.8, 4) is 5.75 Å². The molecule has 0 unspecified atom stereocenters. The lowest BCUT2D eigenvalue weighted by atomic mass is 10.1. The number of halogens is 2. The summed E-state index contributed by atoms with van der Waals surface area (Å²) in [7, 11) is 0. The van der Waals surface area contributed by atoms with E-state index in [0.717, 1.165) is 0 Å². The molecule has 5 nitrogen and oxygen atoms in total. The number of benzene rings is 2. The molecule has 27 heavy (non-hydrogen) atoms. The van der Waals surface area contributed by atoms with E-state index in [1.165, 1.54) is 35.2 Å². The van der Waals surface area contributed by atoms with Crippen LogP contribution in [0.1, 0.15) is 19.4 Å². The largest absolute Gasteiger partial charge is 0.481 e. The normalized spacial score (nSPS) is 11.6. The molecule has 0 saturated carbocycles. The van der Waals surface area contributed by atoms with Crippen LogP contribution in [0.5, 0.6) is 5.75 Å². The Morgan fingerprint density at radius 1 is 1.07 bits per heavy atom. The smallest absolute Gasteiger partial charge is 0.261 e. The zero-order valence-electron chi connectivity index (χ0n) is 15.2. The second kappa shape index (κ2) is 9.66. The number of nitrogens with one attached hydrogen (secondary N) is 1. The van der Waals surface area contributed by atoms with Crippen molar-refractivity contribution in [2.75, 3.05) is 13.2 Å². The number of carbonyl (C=O) groups is 2. The van der Waals surface area contributed by atoms with Gasteiger partial charge in [0.15, 0.2) is 18.2 Å². The van der Waals surface area contributed by atoms with E-state index in [1.54, 1.807) is 32.0 Å². The Balaban J connectivity index is 2.17. The maximum atomic E-state index is 14.0. The average Bonchev–Trinajstić information content (AvgIpc) is 2.66. The number of carbonyl (C=O) groups excluding carboxylic acids is 2. The van der Waals surface area contributed by atoms with Gasteiger partial charge in [0, 0.05) is 18.7 Å². The number of amides is 2.